The maximum atomic E-state index is 12.5. The number of Topliss-reactive ketones (excluding diaryl/α,β-unsaturated/α-hetero) is 2. The lowest BCUT2D eigenvalue weighted by Crippen LogP contribution is -2.25. The van der Waals surface area contributed by atoms with Crippen LogP contribution < -0.4 is 0 Å². The van der Waals surface area contributed by atoms with Crippen molar-refractivity contribution in [2.75, 3.05) is 14.2 Å². The highest BCUT2D eigenvalue weighted by Gasteiger charge is 2.34. The largest absolute Gasteiger partial charge is 0.489 e. The number of methoxy groups -OCH3 is 2. The monoisotopic (exact) mass is 350 g/mol. The van der Waals surface area contributed by atoms with Gasteiger partial charge in [0.1, 0.15) is 0 Å². The Morgan fingerprint density at radius 3 is 1.60 bits per heavy atom. The van der Waals surface area contributed by atoms with Crippen LogP contribution in [-0.2, 0) is 19.1 Å². The Balaban J connectivity index is 2.34. The third kappa shape index (κ3) is 6.33. The average molecular weight is 350 g/mol. The van der Waals surface area contributed by atoms with Gasteiger partial charge in [0.25, 0.3) is 0 Å². The summed E-state index contributed by atoms with van der Waals surface area (Å²) in [7, 11) is 2.79. The minimum atomic E-state index is -0.235. The van der Waals surface area contributed by atoms with Crippen molar-refractivity contribution in [1.82, 2.24) is 0 Å². The predicted molar refractivity (Wildman–Crippen MR) is 100 cm³/mol. The third-order valence-electron chi connectivity index (χ3n) is 4.87. The summed E-state index contributed by atoms with van der Waals surface area (Å²) in [5, 5.41) is 0. The van der Waals surface area contributed by atoms with Crippen LogP contribution in [0.4, 0.5) is 0 Å². The number of ether oxygens (including phenoxy) is 2. The molecule has 25 heavy (non-hydrogen) atoms. The number of unbranched alkanes of at least 4 members (excludes halogenated alkanes) is 9. The zero-order valence-corrected chi connectivity index (χ0v) is 16.4. The van der Waals surface area contributed by atoms with Crippen molar-refractivity contribution in [2.24, 2.45) is 0 Å². The van der Waals surface area contributed by atoms with E-state index in [4.69, 9.17) is 9.47 Å². The Morgan fingerprint density at radius 2 is 1.12 bits per heavy atom. The molecule has 0 fully saturated rings. The predicted octanol–water partition coefficient (Wildman–Crippen LogP) is 5.27. The van der Waals surface area contributed by atoms with Gasteiger partial charge in [-0.3, -0.25) is 9.59 Å². The maximum absolute atomic E-state index is 12.5. The maximum Gasteiger partial charge on any atom is 0.228 e. The summed E-state index contributed by atoms with van der Waals surface area (Å²) >= 11 is 0. The van der Waals surface area contributed by atoms with E-state index < -0.39 is 0 Å². The standard InChI is InChI=1S/C21H34O4/c1-5-6-7-8-9-10-11-12-13-14-15-17-16(2)18(22)20(24-3)21(25-4)19(17)23/h5-15H2,1-4H3. The first-order valence-electron chi connectivity index (χ1n) is 9.69. The molecule has 0 aromatic rings. The average Bonchev–Trinajstić information content (AvgIpc) is 2.61. The second kappa shape index (κ2) is 11.9. The van der Waals surface area contributed by atoms with Gasteiger partial charge >= 0.3 is 0 Å². The van der Waals surface area contributed by atoms with Crippen LogP contribution in [-0.4, -0.2) is 25.8 Å². The number of rotatable bonds is 13. The lowest BCUT2D eigenvalue weighted by Gasteiger charge is -2.20. The van der Waals surface area contributed by atoms with E-state index in [2.05, 4.69) is 6.92 Å². The fourth-order valence-electron chi connectivity index (χ4n) is 3.28. The highest BCUT2D eigenvalue weighted by atomic mass is 16.5. The molecule has 0 saturated heterocycles. The topological polar surface area (TPSA) is 52.6 Å². The Labute approximate surface area is 152 Å². The van der Waals surface area contributed by atoms with Gasteiger partial charge in [0.15, 0.2) is 0 Å². The van der Waals surface area contributed by atoms with E-state index >= 15 is 0 Å². The highest BCUT2D eigenvalue weighted by Crippen LogP contribution is 2.28. The number of carbonyl (C=O) groups is 2. The molecule has 0 aromatic heterocycles. The Bertz CT molecular complexity index is 514. The summed E-state index contributed by atoms with van der Waals surface area (Å²) in [6.07, 6.45) is 13.1. The van der Waals surface area contributed by atoms with E-state index in [0.29, 0.717) is 17.6 Å². The van der Waals surface area contributed by atoms with E-state index in [-0.39, 0.29) is 23.1 Å². The van der Waals surface area contributed by atoms with Gasteiger partial charge in [-0.2, -0.15) is 0 Å². The summed E-state index contributed by atoms with van der Waals surface area (Å²) in [4.78, 5) is 24.8. The Morgan fingerprint density at radius 1 is 0.680 bits per heavy atom. The van der Waals surface area contributed by atoms with Crippen LogP contribution in [0.2, 0.25) is 0 Å². The molecule has 0 aliphatic heterocycles. The molecule has 1 rings (SSSR count). The van der Waals surface area contributed by atoms with E-state index in [1.54, 1.807) is 6.92 Å². The molecule has 0 spiro atoms. The first-order chi connectivity index (χ1) is 12.1. The van der Waals surface area contributed by atoms with E-state index in [9.17, 15) is 9.59 Å². The van der Waals surface area contributed by atoms with Crippen LogP contribution in [0.25, 0.3) is 0 Å². The van der Waals surface area contributed by atoms with Crippen molar-refractivity contribution < 1.29 is 19.1 Å². The number of hydrogen-bond donors (Lipinski definition) is 0. The molecule has 0 saturated carbocycles. The highest BCUT2D eigenvalue weighted by molar-refractivity contribution is 6.23. The zero-order chi connectivity index (χ0) is 18.7. The van der Waals surface area contributed by atoms with Crippen LogP contribution in [0.3, 0.4) is 0 Å². The Kier molecular flexibility index (Phi) is 10.2. The van der Waals surface area contributed by atoms with Gasteiger partial charge < -0.3 is 9.47 Å². The van der Waals surface area contributed by atoms with Crippen LogP contribution >= 0.6 is 0 Å². The summed E-state index contributed by atoms with van der Waals surface area (Å²) < 4.78 is 10.2. The van der Waals surface area contributed by atoms with Crippen LogP contribution in [0.1, 0.15) is 84.5 Å². The Hall–Kier alpha value is -1.58. The molecule has 0 heterocycles. The quantitative estimate of drug-likeness (QED) is 0.335. The van der Waals surface area contributed by atoms with E-state index in [1.165, 1.54) is 65.6 Å². The summed E-state index contributed by atoms with van der Waals surface area (Å²) in [5.74, 6) is -0.370. The van der Waals surface area contributed by atoms with Gasteiger partial charge in [-0.25, -0.2) is 0 Å². The van der Waals surface area contributed by atoms with Crippen molar-refractivity contribution in [2.45, 2.75) is 84.5 Å². The number of hydrogen-bond acceptors (Lipinski definition) is 4. The first-order valence-corrected chi connectivity index (χ1v) is 9.69. The van der Waals surface area contributed by atoms with Crippen molar-refractivity contribution >= 4 is 11.6 Å². The van der Waals surface area contributed by atoms with Crippen LogP contribution in [0.15, 0.2) is 22.7 Å². The third-order valence-corrected chi connectivity index (χ3v) is 4.87. The lowest BCUT2D eigenvalue weighted by molar-refractivity contribution is -0.121. The number of carbonyl (C=O) groups excluding carboxylic acids is 2. The normalized spacial score (nSPS) is 15.2. The molecule has 0 aromatic carbocycles. The van der Waals surface area contributed by atoms with Crippen LogP contribution in [0.5, 0.6) is 0 Å². The molecule has 0 amide bonds. The molecule has 142 valence electrons. The molecule has 0 unspecified atom stereocenters. The molecular weight excluding hydrogens is 316 g/mol. The summed E-state index contributed by atoms with van der Waals surface area (Å²) in [6, 6.07) is 0. The molecule has 0 N–H and O–H groups in total. The summed E-state index contributed by atoms with van der Waals surface area (Å²) in [6.45, 7) is 3.95. The molecule has 0 bridgehead atoms. The van der Waals surface area contributed by atoms with Gasteiger partial charge in [-0.05, 0) is 19.8 Å². The number of ketones is 2. The van der Waals surface area contributed by atoms with Gasteiger partial charge in [-0.15, -0.1) is 0 Å². The van der Waals surface area contributed by atoms with Crippen molar-refractivity contribution in [3.63, 3.8) is 0 Å². The van der Waals surface area contributed by atoms with Crippen molar-refractivity contribution in [3.05, 3.63) is 22.7 Å². The SMILES string of the molecule is CCCCCCCCCCCCC1=C(C)C(=O)C(OC)=C(OC)C1=O. The minimum Gasteiger partial charge on any atom is -0.489 e. The second-order valence-corrected chi connectivity index (χ2v) is 6.76. The van der Waals surface area contributed by atoms with Crippen molar-refractivity contribution in [1.29, 1.82) is 0 Å². The van der Waals surface area contributed by atoms with Crippen LogP contribution in [0, 0.1) is 0 Å². The first kappa shape index (κ1) is 21.5. The van der Waals surface area contributed by atoms with E-state index in [1.807, 2.05) is 0 Å². The molecule has 0 atom stereocenters. The lowest BCUT2D eigenvalue weighted by atomic mass is 9.89. The molecule has 1 aliphatic carbocycles. The second-order valence-electron chi connectivity index (χ2n) is 6.76. The number of allylic oxidation sites excluding steroid dienone is 2. The molecule has 4 nitrogen and oxygen atoms in total. The fraction of sp³-hybridized carbons (Fsp3) is 0.714. The van der Waals surface area contributed by atoms with Gasteiger partial charge in [0, 0.05) is 11.1 Å². The fourth-order valence-corrected chi connectivity index (χ4v) is 3.28. The molecule has 0 radical (unpaired) electrons. The van der Waals surface area contributed by atoms with Gasteiger partial charge in [0.2, 0.25) is 23.1 Å². The minimum absolute atomic E-state index is 0.0248. The zero-order valence-electron chi connectivity index (χ0n) is 16.4. The summed E-state index contributed by atoms with van der Waals surface area (Å²) in [5.41, 5.74) is 1.08. The molecular formula is C21H34O4. The smallest absolute Gasteiger partial charge is 0.228 e. The van der Waals surface area contributed by atoms with Gasteiger partial charge in [-0.1, -0.05) is 64.7 Å². The van der Waals surface area contributed by atoms with E-state index in [0.717, 1.165) is 12.8 Å². The molecule has 1 aliphatic rings. The van der Waals surface area contributed by atoms with Gasteiger partial charge in [0.05, 0.1) is 14.2 Å². The van der Waals surface area contributed by atoms with Crippen molar-refractivity contribution in [3.8, 4) is 0 Å². The molecule has 4 heteroatoms.